The molecule has 0 fully saturated rings. The molecular formula is C27H60Br2N2. The third-order valence-electron chi connectivity index (χ3n) is 7.16. The van der Waals surface area contributed by atoms with Crippen molar-refractivity contribution < 1.29 is 42.9 Å². The van der Waals surface area contributed by atoms with Gasteiger partial charge in [0, 0.05) is 0 Å². The average molecular weight is 573 g/mol. The number of halogens is 2. The van der Waals surface area contributed by atoms with Gasteiger partial charge in [0.25, 0.3) is 0 Å². The van der Waals surface area contributed by atoms with Crippen molar-refractivity contribution in [1.29, 1.82) is 0 Å². The number of unbranched alkanes of at least 4 members (excludes halogenated alkanes) is 14. The highest BCUT2D eigenvalue weighted by atomic mass is 79.9. The summed E-state index contributed by atoms with van der Waals surface area (Å²) < 4.78 is 2.38. The van der Waals surface area contributed by atoms with Gasteiger partial charge < -0.3 is 42.9 Å². The second-order valence-electron chi connectivity index (χ2n) is 11.1. The van der Waals surface area contributed by atoms with Crippen LogP contribution >= 0.6 is 0 Å². The molecule has 0 aromatic carbocycles. The third-order valence-corrected chi connectivity index (χ3v) is 7.16. The molecule has 1 unspecified atom stereocenters. The Bertz CT molecular complexity index is 359. The van der Waals surface area contributed by atoms with Crippen LogP contribution in [-0.4, -0.2) is 62.8 Å². The zero-order valence-electron chi connectivity index (χ0n) is 22.7. The molecule has 0 bridgehead atoms. The van der Waals surface area contributed by atoms with Crippen LogP contribution < -0.4 is 34.0 Å². The number of quaternary nitrogens is 2. The van der Waals surface area contributed by atoms with Crippen molar-refractivity contribution in [2.24, 2.45) is 0 Å². The maximum atomic E-state index is 2.48. The third kappa shape index (κ3) is 22.4. The van der Waals surface area contributed by atoms with Gasteiger partial charge >= 0.3 is 0 Å². The molecule has 0 rings (SSSR count). The van der Waals surface area contributed by atoms with Crippen LogP contribution in [0.2, 0.25) is 0 Å². The maximum absolute atomic E-state index is 2.48. The summed E-state index contributed by atoms with van der Waals surface area (Å²) in [7, 11) is 9.83. The fraction of sp³-hybridized carbons (Fsp3) is 1.00. The SMILES string of the molecule is CCCCCCCCCC[N+](C)(C)CC(C)[N+](C)(C)CCCCCCCCCC.[Br-].[Br-]. The standard InChI is InChI=1S/C27H60N2.2BrH/c1-8-10-12-14-16-18-20-22-24-28(4,5)26-27(3)29(6,7)25-23-21-19-17-15-13-11-9-2;;/h27H,8-26H2,1-7H3;2*1H/q+2;;/p-2. The van der Waals surface area contributed by atoms with E-state index in [0.29, 0.717) is 0 Å². The van der Waals surface area contributed by atoms with Gasteiger partial charge in [-0.2, -0.15) is 0 Å². The molecule has 4 heteroatoms. The molecule has 0 aliphatic carbocycles. The number of likely N-dealkylation sites (N-methyl/N-ethyl adjacent to an activating group) is 2. The Morgan fingerprint density at radius 2 is 0.806 bits per heavy atom. The lowest BCUT2D eigenvalue weighted by molar-refractivity contribution is -0.963. The summed E-state index contributed by atoms with van der Waals surface area (Å²) in [5.74, 6) is 0. The van der Waals surface area contributed by atoms with E-state index >= 15 is 0 Å². The van der Waals surface area contributed by atoms with Crippen LogP contribution in [-0.2, 0) is 0 Å². The fourth-order valence-corrected chi connectivity index (χ4v) is 4.57. The zero-order valence-corrected chi connectivity index (χ0v) is 25.8. The van der Waals surface area contributed by atoms with Crippen LogP contribution in [0, 0.1) is 0 Å². The monoisotopic (exact) mass is 570 g/mol. The van der Waals surface area contributed by atoms with Gasteiger partial charge in [0.05, 0.1) is 41.3 Å². The van der Waals surface area contributed by atoms with Crippen molar-refractivity contribution >= 4 is 0 Å². The predicted octanol–water partition coefficient (Wildman–Crippen LogP) is 1.82. The first-order valence-electron chi connectivity index (χ1n) is 13.4. The summed E-state index contributed by atoms with van der Waals surface area (Å²) >= 11 is 0. The van der Waals surface area contributed by atoms with Gasteiger partial charge in [0.2, 0.25) is 0 Å². The summed E-state index contributed by atoms with van der Waals surface area (Å²) in [6, 6.07) is 0.739. The molecule has 0 aliphatic heterocycles. The van der Waals surface area contributed by atoms with Crippen LogP contribution in [0.1, 0.15) is 124 Å². The van der Waals surface area contributed by atoms with E-state index in [1.807, 2.05) is 0 Å². The van der Waals surface area contributed by atoms with E-state index in [4.69, 9.17) is 0 Å². The maximum Gasteiger partial charge on any atom is 0.135 e. The van der Waals surface area contributed by atoms with Crippen LogP contribution in [0.15, 0.2) is 0 Å². The van der Waals surface area contributed by atoms with Crippen LogP contribution in [0.4, 0.5) is 0 Å². The number of hydrogen-bond donors (Lipinski definition) is 0. The van der Waals surface area contributed by atoms with E-state index in [1.165, 1.54) is 131 Å². The molecule has 0 spiro atoms. The first-order chi connectivity index (χ1) is 13.7. The Labute approximate surface area is 219 Å². The smallest absolute Gasteiger partial charge is 0.135 e. The average Bonchev–Trinajstić information content (AvgIpc) is 2.65. The fourth-order valence-electron chi connectivity index (χ4n) is 4.57. The second kappa shape index (κ2) is 22.7. The van der Waals surface area contributed by atoms with Gasteiger partial charge in [-0.15, -0.1) is 0 Å². The molecule has 0 aromatic heterocycles. The van der Waals surface area contributed by atoms with Crippen molar-refractivity contribution in [3.8, 4) is 0 Å². The van der Waals surface area contributed by atoms with Crippen molar-refractivity contribution in [2.75, 3.05) is 47.8 Å². The van der Waals surface area contributed by atoms with Gasteiger partial charge in [-0.1, -0.05) is 90.9 Å². The van der Waals surface area contributed by atoms with Crippen LogP contribution in [0.5, 0.6) is 0 Å². The predicted molar refractivity (Wildman–Crippen MR) is 133 cm³/mol. The largest absolute Gasteiger partial charge is 1.00 e. The lowest BCUT2D eigenvalue weighted by Crippen LogP contribution is -3.00. The summed E-state index contributed by atoms with van der Waals surface area (Å²) in [5, 5.41) is 0. The molecule has 0 saturated heterocycles. The minimum absolute atomic E-state index is 0. The lowest BCUT2D eigenvalue weighted by atomic mass is 10.1. The highest BCUT2D eigenvalue weighted by Gasteiger charge is 2.30. The highest BCUT2D eigenvalue weighted by molar-refractivity contribution is 4.53. The molecule has 0 radical (unpaired) electrons. The molecule has 0 saturated carbocycles. The highest BCUT2D eigenvalue weighted by Crippen LogP contribution is 2.16. The molecular weight excluding hydrogens is 512 g/mol. The Morgan fingerprint density at radius 1 is 0.484 bits per heavy atom. The summed E-state index contributed by atoms with van der Waals surface area (Å²) in [4.78, 5) is 0. The van der Waals surface area contributed by atoms with Crippen LogP contribution in [0.25, 0.3) is 0 Å². The van der Waals surface area contributed by atoms with Crippen molar-refractivity contribution in [1.82, 2.24) is 0 Å². The Balaban J connectivity index is -0.00000392. The molecule has 31 heavy (non-hydrogen) atoms. The van der Waals surface area contributed by atoms with Crippen LogP contribution in [0.3, 0.4) is 0 Å². The Kier molecular flexibility index (Phi) is 26.6. The zero-order chi connectivity index (χ0) is 22.0. The first-order valence-corrected chi connectivity index (χ1v) is 13.4. The van der Waals surface area contributed by atoms with E-state index in [-0.39, 0.29) is 34.0 Å². The molecule has 0 N–H and O–H groups in total. The molecule has 2 nitrogen and oxygen atoms in total. The quantitative estimate of drug-likeness (QED) is 0.146. The number of hydrogen-bond acceptors (Lipinski definition) is 0. The number of nitrogens with zero attached hydrogens (tertiary/aromatic N) is 2. The molecule has 0 amide bonds. The van der Waals surface area contributed by atoms with Crippen molar-refractivity contribution in [3.05, 3.63) is 0 Å². The minimum Gasteiger partial charge on any atom is -1.00 e. The normalized spacial score (nSPS) is 12.9. The van der Waals surface area contributed by atoms with Crippen molar-refractivity contribution in [2.45, 2.75) is 130 Å². The van der Waals surface area contributed by atoms with Gasteiger partial charge in [-0.3, -0.25) is 0 Å². The summed E-state index contributed by atoms with van der Waals surface area (Å²) in [6.45, 7) is 11.1. The molecule has 0 aromatic rings. The van der Waals surface area contributed by atoms with E-state index in [9.17, 15) is 0 Å². The van der Waals surface area contributed by atoms with E-state index < -0.39 is 0 Å². The Morgan fingerprint density at radius 3 is 1.19 bits per heavy atom. The summed E-state index contributed by atoms with van der Waals surface area (Å²) in [6.07, 6.45) is 22.8. The topological polar surface area (TPSA) is 0 Å². The van der Waals surface area contributed by atoms with Gasteiger partial charge in [0.15, 0.2) is 0 Å². The lowest BCUT2D eigenvalue weighted by Gasteiger charge is -2.41. The van der Waals surface area contributed by atoms with E-state index in [1.54, 1.807) is 0 Å². The van der Waals surface area contributed by atoms with Gasteiger partial charge in [0.1, 0.15) is 12.6 Å². The molecule has 1 atom stereocenters. The second-order valence-corrected chi connectivity index (χ2v) is 11.1. The summed E-state index contributed by atoms with van der Waals surface area (Å²) in [5.41, 5.74) is 0. The van der Waals surface area contributed by atoms with Gasteiger partial charge in [-0.25, -0.2) is 0 Å². The Hall–Kier alpha value is 0.880. The van der Waals surface area contributed by atoms with E-state index in [2.05, 4.69) is 49.0 Å². The minimum atomic E-state index is 0. The molecule has 192 valence electrons. The first kappa shape index (κ1) is 36.4. The molecule has 0 aliphatic rings. The van der Waals surface area contributed by atoms with E-state index in [0.717, 1.165) is 6.04 Å². The van der Waals surface area contributed by atoms with Gasteiger partial charge in [-0.05, 0) is 32.6 Å². The molecule has 0 heterocycles. The number of rotatable bonds is 21. The van der Waals surface area contributed by atoms with Crippen molar-refractivity contribution in [3.63, 3.8) is 0 Å².